The zero-order valence-corrected chi connectivity index (χ0v) is 10.8. The lowest BCUT2D eigenvalue weighted by atomic mass is 10.0. The summed E-state index contributed by atoms with van der Waals surface area (Å²) in [4.78, 5) is 25.1. The van der Waals surface area contributed by atoms with Crippen LogP contribution in [0.3, 0.4) is 0 Å². The molecule has 0 aliphatic carbocycles. The molecule has 2 amide bonds. The van der Waals surface area contributed by atoms with Crippen LogP contribution in [0.5, 0.6) is 0 Å². The van der Waals surface area contributed by atoms with Crippen molar-refractivity contribution in [2.45, 2.75) is 18.9 Å². The van der Waals surface area contributed by atoms with E-state index in [9.17, 15) is 9.59 Å². The second kappa shape index (κ2) is 6.33. The van der Waals surface area contributed by atoms with Gasteiger partial charge in [0.15, 0.2) is 0 Å². The molecule has 1 atom stereocenters. The highest BCUT2D eigenvalue weighted by Crippen LogP contribution is 2.15. The average molecular weight is 261 g/mol. The van der Waals surface area contributed by atoms with Gasteiger partial charge in [-0.2, -0.15) is 0 Å². The summed E-state index contributed by atoms with van der Waals surface area (Å²) >= 11 is 0. The molecular formula is C14H19N3O2. The van der Waals surface area contributed by atoms with Gasteiger partial charge in [0.05, 0.1) is 0 Å². The van der Waals surface area contributed by atoms with E-state index in [0.29, 0.717) is 26.1 Å². The lowest BCUT2D eigenvalue weighted by molar-refractivity contribution is -0.131. The molecule has 0 bridgehead atoms. The van der Waals surface area contributed by atoms with Crippen LogP contribution in [-0.2, 0) is 9.59 Å². The van der Waals surface area contributed by atoms with Gasteiger partial charge in [0.1, 0.15) is 0 Å². The van der Waals surface area contributed by atoms with Gasteiger partial charge in [0.2, 0.25) is 11.8 Å². The van der Waals surface area contributed by atoms with Gasteiger partial charge < -0.3 is 16.0 Å². The second-order valence-electron chi connectivity index (χ2n) is 4.70. The summed E-state index contributed by atoms with van der Waals surface area (Å²) in [5, 5.41) is 2.75. The molecule has 0 spiro atoms. The van der Waals surface area contributed by atoms with Crippen molar-refractivity contribution in [2.24, 2.45) is 5.73 Å². The number of nitrogens with two attached hydrogens (primary N) is 1. The maximum Gasteiger partial charge on any atom is 0.224 e. The van der Waals surface area contributed by atoms with Gasteiger partial charge in [-0.15, -0.1) is 0 Å². The Kier molecular flexibility index (Phi) is 4.52. The van der Waals surface area contributed by atoms with Crippen LogP contribution in [0, 0.1) is 0 Å². The maximum atomic E-state index is 12.1. The summed E-state index contributed by atoms with van der Waals surface area (Å²) in [6.45, 7) is 1.56. The van der Waals surface area contributed by atoms with E-state index in [1.54, 1.807) is 4.90 Å². The number of carbonyl (C=O) groups is 2. The molecular weight excluding hydrogens is 242 g/mol. The Morgan fingerprint density at radius 1 is 1.32 bits per heavy atom. The van der Waals surface area contributed by atoms with Crippen LogP contribution in [0.1, 0.15) is 24.4 Å². The lowest BCUT2D eigenvalue weighted by Gasteiger charge is -2.21. The largest absolute Gasteiger partial charge is 0.354 e. The van der Waals surface area contributed by atoms with Crippen molar-refractivity contribution >= 4 is 11.8 Å². The van der Waals surface area contributed by atoms with Gasteiger partial charge in [-0.1, -0.05) is 30.3 Å². The molecule has 1 heterocycles. The van der Waals surface area contributed by atoms with Crippen LogP contribution in [0.25, 0.3) is 0 Å². The lowest BCUT2D eigenvalue weighted by Crippen LogP contribution is -2.35. The molecule has 1 aromatic rings. The Morgan fingerprint density at radius 2 is 2.05 bits per heavy atom. The summed E-state index contributed by atoms with van der Waals surface area (Å²) in [6, 6.07) is 9.30. The SMILES string of the molecule is NC(CC(=O)N1CCNC(=O)CC1)c1ccccc1. The number of carbonyl (C=O) groups excluding carboxylic acids is 2. The first-order chi connectivity index (χ1) is 9.16. The molecule has 0 saturated carbocycles. The molecule has 1 fully saturated rings. The van der Waals surface area contributed by atoms with E-state index in [1.165, 1.54) is 0 Å². The number of hydrogen-bond acceptors (Lipinski definition) is 3. The molecule has 2 rings (SSSR count). The standard InChI is InChI=1S/C14H19N3O2/c15-12(11-4-2-1-3-5-11)10-14(19)17-8-6-13(18)16-7-9-17/h1-5,12H,6-10,15H2,(H,16,18). The van der Waals surface area contributed by atoms with Crippen LogP contribution in [0.2, 0.25) is 0 Å². The van der Waals surface area contributed by atoms with Gasteiger partial charge in [0, 0.05) is 38.5 Å². The van der Waals surface area contributed by atoms with Gasteiger partial charge in [0.25, 0.3) is 0 Å². The topological polar surface area (TPSA) is 75.4 Å². The molecule has 1 aromatic carbocycles. The van der Waals surface area contributed by atoms with E-state index in [0.717, 1.165) is 5.56 Å². The van der Waals surface area contributed by atoms with Crippen molar-refractivity contribution in [2.75, 3.05) is 19.6 Å². The summed E-state index contributed by atoms with van der Waals surface area (Å²) in [5.74, 6) is 0.00973. The van der Waals surface area contributed by atoms with Crippen LogP contribution in [0.15, 0.2) is 30.3 Å². The Morgan fingerprint density at radius 3 is 2.79 bits per heavy atom. The number of nitrogens with one attached hydrogen (secondary N) is 1. The van der Waals surface area contributed by atoms with E-state index in [1.807, 2.05) is 30.3 Å². The normalized spacial score (nSPS) is 17.5. The fraction of sp³-hybridized carbons (Fsp3) is 0.429. The fourth-order valence-corrected chi connectivity index (χ4v) is 2.15. The van der Waals surface area contributed by atoms with Crippen molar-refractivity contribution < 1.29 is 9.59 Å². The van der Waals surface area contributed by atoms with Crippen LogP contribution in [-0.4, -0.2) is 36.3 Å². The van der Waals surface area contributed by atoms with Crippen LogP contribution in [0.4, 0.5) is 0 Å². The molecule has 3 N–H and O–H groups in total. The molecule has 19 heavy (non-hydrogen) atoms. The molecule has 5 nitrogen and oxygen atoms in total. The number of rotatable bonds is 3. The van der Waals surface area contributed by atoms with Gasteiger partial charge in [-0.25, -0.2) is 0 Å². The average Bonchev–Trinajstić information content (AvgIpc) is 2.64. The van der Waals surface area contributed by atoms with E-state index in [2.05, 4.69) is 5.32 Å². The third-order valence-electron chi connectivity index (χ3n) is 3.29. The zero-order valence-electron chi connectivity index (χ0n) is 10.8. The first kappa shape index (κ1) is 13.5. The number of nitrogens with zero attached hydrogens (tertiary/aromatic N) is 1. The molecule has 102 valence electrons. The monoisotopic (exact) mass is 261 g/mol. The van der Waals surface area contributed by atoms with Crippen molar-refractivity contribution in [3.05, 3.63) is 35.9 Å². The number of hydrogen-bond donors (Lipinski definition) is 2. The third kappa shape index (κ3) is 3.79. The molecule has 1 saturated heterocycles. The van der Waals surface area contributed by atoms with Crippen molar-refractivity contribution in [1.29, 1.82) is 0 Å². The molecule has 1 aliphatic rings. The van der Waals surface area contributed by atoms with Crippen molar-refractivity contribution in [3.8, 4) is 0 Å². The summed E-state index contributed by atoms with van der Waals surface area (Å²) in [6.07, 6.45) is 0.643. The quantitative estimate of drug-likeness (QED) is 0.828. The molecule has 0 radical (unpaired) electrons. The number of benzene rings is 1. The van der Waals surface area contributed by atoms with E-state index in [4.69, 9.17) is 5.73 Å². The minimum atomic E-state index is -0.291. The predicted octanol–water partition coefficient (Wildman–Crippen LogP) is 0.425. The molecule has 5 heteroatoms. The molecule has 1 unspecified atom stereocenters. The first-order valence-electron chi connectivity index (χ1n) is 6.52. The highest BCUT2D eigenvalue weighted by molar-refractivity contribution is 5.80. The Bertz CT molecular complexity index is 447. The summed E-state index contributed by atoms with van der Waals surface area (Å²) in [5.41, 5.74) is 7.00. The maximum absolute atomic E-state index is 12.1. The van der Waals surface area contributed by atoms with E-state index < -0.39 is 0 Å². The minimum Gasteiger partial charge on any atom is -0.354 e. The Labute approximate surface area is 112 Å². The third-order valence-corrected chi connectivity index (χ3v) is 3.29. The van der Waals surface area contributed by atoms with Crippen molar-refractivity contribution in [3.63, 3.8) is 0 Å². The Hall–Kier alpha value is -1.88. The molecule has 1 aliphatic heterocycles. The van der Waals surface area contributed by atoms with Gasteiger partial charge >= 0.3 is 0 Å². The first-order valence-corrected chi connectivity index (χ1v) is 6.52. The van der Waals surface area contributed by atoms with Gasteiger partial charge in [-0.3, -0.25) is 9.59 Å². The molecule has 0 aromatic heterocycles. The summed E-state index contributed by atoms with van der Waals surface area (Å²) < 4.78 is 0. The predicted molar refractivity (Wildman–Crippen MR) is 72.2 cm³/mol. The van der Waals surface area contributed by atoms with Gasteiger partial charge in [-0.05, 0) is 5.56 Å². The highest BCUT2D eigenvalue weighted by atomic mass is 16.2. The van der Waals surface area contributed by atoms with Crippen molar-refractivity contribution in [1.82, 2.24) is 10.2 Å². The van der Waals surface area contributed by atoms with E-state index in [-0.39, 0.29) is 24.3 Å². The minimum absolute atomic E-state index is 0.00246. The fourth-order valence-electron chi connectivity index (χ4n) is 2.15. The van der Waals surface area contributed by atoms with E-state index >= 15 is 0 Å². The second-order valence-corrected chi connectivity index (χ2v) is 4.70. The zero-order chi connectivity index (χ0) is 13.7. The smallest absolute Gasteiger partial charge is 0.224 e. The highest BCUT2D eigenvalue weighted by Gasteiger charge is 2.20. The van der Waals surface area contributed by atoms with Crippen LogP contribution >= 0.6 is 0 Å². The van der Waals surface area contributed by atoms with Crippen LogP contribution < -0.4 is 11.1 Å². The summed E-state index contributed by atoms with van der Waals surface area (Å²) in [7, 11) is 0. The number of amides is 2. The Balaban J connectivity index is 1.91.